The first-order chi connectivity index (χ1) is 16.0. The quantitative estimate of drug-likeness (QED) is 0.369. The van der Waals surface area contributed by atoms with Crippen LogP contribution in [0.5, 0.6) is 5.88 Å². The molecule has 0 amide bonds. The maximum atomic E-state index is 13.2. The molecular weight excluding hydrogens is 447 g/mol. The minimum Gasteiger partial charge on any atom is -0.475 e. The van der Waals surface area contributed by atoms with E-state index in [9.17, 15) is 12.8 Å². The normalized spacial score (nSPS) is 11.8. The van der Waals surface area contributed by atoms with Gasteiger partial charge in [-0.05, 0) is 42.5 Å². The first-order valence-electron chi connectivity index (χ1n) is 9.96. The number of pyridine rings is 1. The highest BCUT2D eigenvalue weighted by atomic mass is 32.2. The largest absolute Gasteiger partial charge is 0.475 e. The number of benzene rings is 2. The number of nitrogens with one attached hydrogen (secondary N) is 1. The van der Waals surface area contributed by atoms with Crippen LogP contribution in [0.3, 0.4) is 0 Å². The van der Waals surface area contributed by atoms with E-state index in [1.807, 2.05) is 0 Å². The van der Waals surface area contributed by atoms with Crippen molar-refractivity contribution in [3.8, 4) is 17.3 Å². The third kappa shape index (κ3) is 4.23. The second-order valence-corrected chi connectivity index (χ2v) is 8.78. The van der Waals surface area contributed by atoms with Crippen molar-refractivity contribution in [3.05, 3.63) is 78.7 Å². The Morgan fingerprint density at radius 2 is 1.79 bits per heavy atom. The summed E-state index contributed by atoms with van der Waals surface area (Å²) in [6.45, 7) is 0.0716. The zero-order valence-corrected chi connectivity index (χ0v) is 17.9. The van der Waals surface area contributed by atoms with Crippen molar-refractivity contribution in [2.24, 2.45) is 0 Å². The lowest BCUT2D eigenvalue weighted by molar-refractivity contribution is 0.306. The van der Waals surface area contributed by atoms with E-state index in [4.69, 9.17) is 4.74 Å². The van der Waals surface area contributed by atoms with Crippen LogP contribution in [-0.4, -0.2) is 46.4 Å². The topological polar surface area (TPSA) is 111 Å². The molecule has 0 spiro atoms. The minimum atomic E-state index is -3.78. The molecule has 5 rings (SSSR count). The Bertz CT molecular complexity index is 1550. The number of rotatable bonds is 7. The molecule has 1 N–H and O–H groups in total. The highest BCUT2D eigenvalue weighted by molar-refractivity contribution is 7.89. The van der Waals surface area contributed by atoms with Crippen LogP contribution in [0.2, 0.25) is 0 Å². The van der Waals surface area contributed by atoms with Crippen molar-refractivity contribution < 1.29 is 17.5 Å². The molecule has 0 fully saturated rings. The molecule has 9 nitrogen and oxygen atoms in total. The molecule has 0 saturated heterocycles. The van der Waals surface area contributed by atoms with E-state index < -0.39 is 10.0 Å². The average molecular weight is 464 g/mol. The van der Waals surface area contributed by atoms with E-state index in [-0.39, 0.29) is 29.7 Å². The summed E-state index contributed by atoms with van der Waals surface area (Å²) in [7, 11) is -3.78. The van der Waals surface area contributed by atoms with Gasteiger partial charge in [0.05, 0.1) is 5.52 Å². The highest BCUT2D eigenvalue weighted by Gasteiger charge is 2.18. The summed E-state index contributed by atoms with van der Waals surface area (Å²) in [5, 5.41) is 13.2. The summed E-state index contributed by atoms with van der Waals surface area (Å²) in [5.41, 5.74) is 1.54. The molecule has 5 aromatic rings. The van der Waals surface area contributed by atoms with Crippen LogP contribution < -0.4 is 9.46 Å². The lowest BCUT2D eigenvalue weighted by Crippen LogP contribution is -2.28. The van der Waals surface area contributed by atoms with Crippen molar-refractivity contribution in [1.29, 1.82) is 0 Å². The molecule has 0 bridgehead atoms. The molecule has 11 heteroatoms. The molecular formula is C22H17FN6O3S. The van der Waals surface area contributed by atoms with Crippen molar-refractivity contribution in [2.75, 3.05) is 13.2 Å². The smallest absolute Gasteiger partial charge is 0.242 e. The fraction of sp³-hybridized carbons (Fsp3) is 0.0909. The van der Waals surface area contributed by atoms with Gasteiger partial charge in [0, 0.05) is 29.8 Å². The van der Waals surface area contributed by atoms with Gasteiger partial charge in [-0.2, -0.15) is 4.52 Å². The average Bonchev–Trinajstić information content (AvgIpc) is 3.25. The van der Waals surface area contributed by atoms with Gasteiger partial charge in [0.2, 0.25) is 15.9 Å². The molecule has 0 atom stereocenters. The molecule has 0 unspecified atom stereocenters. The minimum absolute atomic E-state index is 0.0261. The predicted octanol–water partition coefficient (Wildman–Crippen LogP) is 2.84. The maximum absolute atomic E-state index is 13.2. The summed E-state index contributed by atoms with van der Waals surface area (Å²) in [4.78, 5) is 4.29. The van der Waals surface area contributed by atoms with E-state index in [0.717, 1.165) is 5.39 Å². The number of hydrogen-bond donors (Lipinski definition) is 1. The fourth-order valence-corrected chi connectivity index (χ4v) is 4.52. The Kier molecular flexibility index (Phi) is 5.40. The van der Waals surface area contributed by atoms with Crippen LogP contribution in [0.4, 0.5) is 4.39 Å². The maximum Gasteiger partial charge on any atom is 0.242 e. The van der Waals surface area contributed by atoms with Crippen molar-refractivity contribution in [1.82, 2.24) is 29.5 Å². The molecule has 0 aliphatic heterocycles. The second-order valence-electron chi connectivity index (χ2n) is 7.05. The molecule has 166 valence electrons. The van der Waals surface area contributed by atoms with Crippen LogP contribution in [-0.2, 0) is 10.0 Å². The Morgan fingerprint density at radius 3 is 2.64 bits per heavy atom. The van der Waals surface area contributed by atoms with E-state index in [1.165, 1.54) is 22.7 Å². The van der Waals surface area contributed by atoms with Gasteiger partial charge >= 0.3 is 0 Å². The van der Waals surface area contributed by atoms with Crippen molar-refractivity contribution in [3.63, 3.8) is 0 Å². The summed E-state index contributed by atoms with van der Waals surface area (Å²) in [5.74, 6) is 0.336. The molecule has 2 aromatic carbocycles. The van der Waals surface area contributed by atoms with Gasteiger partial charge in [-0.1, -0.05) is 18.2 Å². The van der Waals surface area contributed by atoms with E-state index in [1.54, 1.807) is 54.7 Å². The number of fused-ring (bicyclic) bond motifs is 2. The standard InChI is InChI=1S/C22H17FN6O3S/c23-17-8-6-16(7-9-17)22-27-26-19-10-11-20(28-29(19)22)32-14-13-25-33(30,31)18-5-1-3-15-4-2-12-24-21(15)18/h1-12,25H,13-14H2. The first kappa shape index (κ1) is 20.9. The number of halogens is 1. The molecule has 0 aliphatic carbocycles. The van der Waals surface area contributed by atoms with Gasteiger partial charge in [0.15, 0.2) is 11.5 Å². The third-order valence-corrected chi connectivity index (χ3v) is 6.36. The third-order valence-electron chi connectivity index (χ3n) is 4.87. The van der Waals surface area contributed by atoms with Gasteiger partial charge in [-0.25, -0.2) is 17.5 Å². The molecule has 0 aliphatic rings. The number of sulfonamides is 1. The van der Waals surface area contributed by atoms with Crippen molar-refractivity contribution in [2.45, 2.75) is 4.90 Å². The summed E-state index contributed by atoms with van der Waals surface area (Å²) in [6.07, 6.45) is 1.55. The van der Waals surface area contributed by atoms with E-state index in [2.05, 4.69) is 25.0 Å². The van der Waals surface area contributed by atoms with Gasteiger partial charge in [0.25, 0.3) is 0 Å². The SMILES string of the molecule is O=S(=O)(NCCOc1ccc2nnc(-c3ccc(F)cc3)n2n1)c1cccc2cccnc12. The number of para-hydroxylation sites is 1. The van der Waals surface area contributed by atoms with Crippen LogP contribution >= 0.6 is 0 Å². The zero-order chi connectivity index (χ0) is 22.8. The van der Waals surface area contributed by atoms with E-state index in [0.29, 0.717) is 22.6 Å². The van der Waals surface area contributed by atoms with Gasteiger partial charge < -0.3 is 4.74 Å². The zero-order valence-electron chi connectivity index (χ0n) is 17.1. The molecule has 33 heavy (non-hydrogen) atoms. The molecule has 3 aromatic heterocycles. The number of ether oxygens (including phenoxy) is 1. The summed E-state index contributed by atoms with van der Waals surface area (Å²) in [6, 6.07) is 17.6. The van der Waals surface area contributed by atoms with Gasteiger partial charge in [-0.15, -0.1) is 15.3 Å². The summed E-state index contributed by atoms with van der Waals surface area (Å²) < 4.78 is 48.4. The Morgan fingerprint density at radius 1 is 0.970 bits per heavy atom. The number of nitrogens with zero attached hydrogens (tertiary/aromatic N) is 5. The first-order valence-corrected chi connectivity index (χ1v) is 11.4. The van der Waals surface area contributed by atoms with Crippen LogP contribution in [0.25, 0.3) is 27.9 Å². The van der Waals surface area contributed by atoms with Gasteiger partial charge in [0.1, 0.15) is 17.3 Å². The molecule has 0 radical (unpaired) electrons. The van der Waals surface area contributed by atoms with Crippen LogP contribution in [0, 0.1) is 5.82 Å². The second kappa shape index (κ2) is 8.52. The van der Waals surface area contributed by atoms with Crippen LogP contribution in [0.1, 0.15) is 0 Å². The van der Waals surface area contributed by atoms with E-state index >= 15 is 0 Å². The Labute approximate surface area is 187 Å². The monoisotopic (exact) mass is 464 g/mol. The fourth-order valence-electron chi connectivity index (χ4n) is 3.33. The predicted molar refractivity (Wildman–Crippen MR) is 119 cm³/mol. The van der Waals surface area contributed by atoms with Crippen molar-refractivity contribution >= 4 is 26.6 Å². The lowest BCUT2D eigenvalue weighted by atomic mass is 10.2. The highest BCUT2D eigenvalue weighted by Crippen LogP contribution is 2.21. The lowest BCUT2D eigenvalue weighted by Gasteiger charge is -2.10. The van der Waals surface area contributed by atoms with Gasteiger partial charge in [-0.3, -0.25) is 4.98 Å². The molecule has 0 saturated carbocycles. The Balaban J connectivity index is 1.28. The summed E-state index contributed by atoms with van der Waals surface area (Å²) >= 11 is 0. The molecule has 3 heterocycles. The van der Waals surface area contributed by atoms with Crippen LogP contribution in [0.15, 0.2) is 77.8 Å². The number of aromatic nitrogens is 5. The Hall–Kier alpha value is -3.96. The number of hydrogen-bond acceptors (Lipinski definition) is 7.